The number of rotatable bonds is 4. The molecular weight excluding hydrogens is 346 g/mol. The molecule has 2 unspecified atom stereocenters. The highest BCUT2D eigenvalue weighted by molar-refractivity contribution is 7.90. The van der Waals surface area contributed by atoms with Crippen LogP contribution in [-0.4, -0.2) is 72.2 Å². The Morgan fingerprint density at radius 1 is 1.08 bits per heavy atom. The fourth-order valence-electron chi connectivity index (χ4n) is 3.79. The third kappa shape index (κ3) is 4.25. The highest BCUT2D eigenvalue weighted by Gasteiger charge is 2.41. The summed E-state index contributed by atoms with van der Waals surface area (Å²) >= 11 is 0. The zero-order chi connectivity index (χ0) is 18.2. The molecule has 2 amide bonds. The van der Waals surface area contributed by atoms with E-state index in [2.05, 4.69) is 5.32 Å². The number of piperidine rings is 2. The van der Waals surface area contributed by atoms with Crippen LogP contribution in [0.4, 0.5) is 4.79 Å². The number of carboxylic acids is 1. The van der Waals surface area contributed by atoms with Crippen LogP contribution in [0.15, 0.2) is 0 Å². The van der Waals surface area contributed by atoms with E-state index in [1.807, 2.05) is 6.92 Å². The number of likely N-dealkylation sites (tertiary alicyclic amines) is 1. The van der Waals surface area contributed by atoms with Crippen LogP contribution in [0.2, 0.25) is 0 Å². The van der Waals surface area contributed by atoms with Crippen LogP contribution in [-0.2, 0) is 14.8 Å². The van der Waals surface area contributed by atoms with E-state index in [0.717, 1.165) is 12.8 Å². The van der Waals surface area contributed by atoms with Gasteiger partial charge in [0.15, 0.2) is 0 Å². The van der Waals surface area contributed by atoms with Gasteiger partial charge in [-0.15, -0.1) is 0 Å². The minimum atomic E-state index is -3.14. The summed E-state index contributed by atoms with van der Waals surface area (Å²) in [5, 5.41) is 12.0. The van der Waals surface area contributed by atoms with Crippen LogP contribution in [0, 0.1) is 11.8 Å². The van der Waals surface area contributed by atoms with Gasteiger partial charge < -0.3 is 15.3 Å². The van der Waals surface area contributed by atoms with E-state index in [9.17, 15) is 23.1 Å². The maximum absolute atomic E-state index is 12.5. The predicted octanol–water partition coefficient (Wildman–Crippen LogP) is 0.695. The van der Waals surface area contributed by atoms with Crippen LogP contribution in [0.5, 0.6) is 0 Å². The lowest BCUT2D eigenvalue weighted by molar-refractivity contribution is -0.143. The second-order valence-electron chi connectivity index (χ2n) is 7.65. The van der Waals surface area contributed by atoms with Crippen molar-refractivity contribution in [1.29, 1.82) is 0 Å². The number of hydrogen-bond donors (Lipinski definition) is 2. The molecule has 0 aromatic heterocycles. The Balaban J connectivity index is 1.50. The van der Waals surface area contributed by atoms with E-state index in [1.165, 1.54) is 0 Å². The second-order valence-corrected chi connectivity index (χ2v) is 9.86. The Kier molecular flexibility index (Phi) is 5.24. The molecule has 2 aliphatic heterocycles. The molecule has 0 bridgehead atoms. The van der Waals surface area contributed by atoms with Crippen molar-refractivity contribution in [2.75, 3.05) is 26.2 Å². The van der Waals surface area contributed by atoms with Crippen molar-refractivity contribution in [1.82, 2.24) is 14.5 Å². The molecule has 0 aromatic rings. The quantitative estimate of drug-likeness (QED) is 0.754. The van der Waals surface area contributed by atoms with Gasteiger partial charge in [0.05, 0.1) is 11.2 Å². The van der Waals surface area contributed by atoms with Gasteiger partial charge in [0.25, 0.3) is 0 Å². The molecule has 9 heteroatoms. The summed E-state index contributed by atoms with van der Waals surface area (Å²) in [5.41, 5.74) is 0. The second kappa shape index (κ2) is 7.11. The summed E-state index contributed by atoms with van der Waals surface area (Å²) in [6, 6.07) is -0.292. The minimum Gasteiger partial charge on any atom is -0.481 e. The number of nitrogens with zero attached hydrogens (tertiary/aromatic N) is 2. The van der Waals surface area contributed by atoms with Gasteiger partial charge in [-0.25, -0.2) is 17.5 Å². The number of sulfonamides is 1. The van der Waals surface area contributed by atoms with Crippen LogP contribution in [0.3, 0.4) is 0 Å². The molecular formula is C16H27N3O5S. The number of carbonyl (C=O) groups is 2. The van der Waals surface area contributed by atoms with Crippen molar-refractivity contribution in [3.05, 3.63) is 0 Å². The van der Waals surface area contributed by atoms with Gasteiger partial charge in [-0.2, -0.15) is 0 Å². The third-order valence-electron chi connectivity index (χ3n) is 5.38. The maximum atomic E-state index is 12.5. The van der Waals surface area contributed by atoms with Crippen LogP contribution in [0.1, 0.15) is 39.0 Å². The lowest BCUT2D eigenvalue weighted by atomic mass is 9.91. The van der Waals surface area contributed by atoms with Gasteiger partial charge in [0.1, 0.15) is 0 Å². The van der Waals surface area contributed by atoms with E-state index in [4.69, 9.17) is 0 Å². The zero-order valence-corrected chi connectivity index (χ0v) is 15.4. The normalized spacial score (nSPS) is 29.4. The fraction of sp³-hybridized carbons (Fsp3) is 0.875. The monoisotopic (exact) mass is 373 g/mol. The van der Waals surface area contributed by atoms with Gasteiger partial charge in [-0.3, -0.25) is 4.79 Å². The molecule has 0 spiro atoms. The molecule has 3 fully saturated rings. The van der Waals surface area contributed by atoms with Crippen molar-refractivity contribution >= 4 is 22.0 Å². The van der Waals surface area contributed by atoms with Crippen molar-refractivity contribution in [2.45, 2.75) is 50.3 Å². The zero-order valence-electron chi connectivity index (χ0n) is 14.6. The average Bonchev–Trinajstić information content (AvgIpc) is 3.40. The molecule has 1 saturated carbocycles. The first-order chi connectivity index (χ1) is 11.8. The molecule has 0 radical (unpaired) electrons. The number of carbonyl (C=O) groups excluding carboxylic acids is 1. The number of nitrogens with one attached hydrogen (secondary N) is 1. The summed E-state index contributed by atoms with van der Waals surface area (Å²) in [5.74, 6) is -1.21. The molecule has 3 rings (SSSR count). The van der Waals surface area contributed by atoms with Crippen molar-refractivity contribution in [3.63, 3.8) is 0 Å². The Hall–Kier alpha value is -1.35. The molecule has 25 heavy (non-hydrogen) atoms. The number of amides is 2. The summed E-state index contributed by atoms with van der Waals surface area (Å²) < 4.78 is 26.0. The van der Waals surface area contributed by atoms with Crippen molar-refractivity contribution in [3.8, 4) is 0 Å². The van der Waals surface area contributed by atoms with E-state index in [-0.39, 0.29) is 29.8 Å². The van der Waals surface area contributed by atoms with Crippen LogP contribution in [0.25, 0.3) is 0 Å². The highest BCUT2D eigenvalue weighted by Crippen LogP contribution is 2.32. The highest BCUT2D eigenvalue weighted by atomic mass is 32.2. The van der Waals surface area contributed by atoms with Gasteiger partial charge in [0.2, 0.25) is 10.0 Å². The lowest BCUT2D eigenvalue weighted by Gasteiger charge is -2.37. The summed E-state index contributed by atoms with van der Waals surface area (Å²) in [7, 11) is -3.14. The van der Waals surface area contributed by atoms with E-state index in [0.29, 0.717) is 38.9 Å². The van der Waals surface area contributed by atoms with Gasteiger partial charge >= 0.3 is 12.0 Å². The summed E-state index contributed by atoms with van der Waals surface area (Å²) in [6.45, 7) is 3.64. The molecule has 1 aliphatic carbocycles. The van der Waals surface area contributed by atoms with Gasteiger partial charge in [0, 0.05) is 32.2 Å². The standard InChI is InChI=1S/C16H27N3O5S/c1-11-8-12(15(20)21)10-18(9-11)16(22)17-13-4-6-19(7-5-13)25(23,24)14-2-3-14/h11-14H,2-10H2,1H3,(H,17,22)(H,20,21). The first-order valence-electron chi connectivity index (χ1n) is 9.04. The van der Waals surface area contributed by atoms with Gasteiger partial charge in [-0.05, 0) is 38.0 Å². The average molecular weight is 373 g/mol. The number of hydrogen-bond acceptors (Lipinski definition) is 4. The number of aliphatic carboxylic acids is 1. The molecule has 2 atom stereocenters. The topological polar surface area (TPSA) is 107 Å². The van der Waals surface area contributed by atoms with E-state index >= 15 is 0 Å². The molecule has 3 aliphatic rings. The maximum Gasteiger partial charge on any atom is 0.317 e. The van der Waals surface area contributed by atoms with Crippen molar-refractivity contribution in [2.24, 2.45) is 11.8 Å². The number of carboxylic acid groups (broad SMARTS) is 1. The Bertz CT molecular complexity index is 626. The molecule has 0 aromatic carbocycles. The third-order valence-corrected chi connectivity index (χ3v) is 7.78. The fourth-order valence-corrected chi connectivity index (χ4v) is 5.67. The number of urea groups is 1. The predicted molar refractivity (Wildman–Crippen MR) is 91.5 cm³/mol. The van der Waals surface area contributed by atoms with E-state index < -0.39 is 21.9 Å². The molecule has 2 heterocycles. The Morgan fingerprint density at radius 2 is 1.72 bits per heavy atom. The first-order valence-corrected chi connectivity index (χ1v) is 10.5. The summed E-state index contributed by atoms with van der Waals surface area (Å²) in [6.07, 6.45) is 3.32. The lowest BCUT2D eigenvalue weighted by Crippen LogP contribution is -2.54. The largest absolute Gasteiger partial charge is 0.481 e. The summed E-state index contributed by atoms with van der Waals surface area (Å²) in [4.78, 5) is 25.3. The first kappa shape index (κ1) is 18.4. The molecule has 2 saturated heterocycles. The SMILES string of the molecule is CC1CC(C(=O)O)CN(C(=O)NC2CCN(S(=O)(=O)C3CC3)CC2)C1. The van der Waals surface area contributed by atoms with Crippen LogP contribution < -0.4 is 5.32 Å². The minimum absolute atomic E-state index is 0.0568. The Labute approximate surface area is 148 Å². The molecule has 8 nitrogen and oxygen atoms in total. The smallest absolute Gasteiger partial charge is 0.317 e. The molecule has 2 N–H and O–H groups in total. The molecule has 142 valence electrons. The van der Waals surface area contributed by atoms with E-state index in [1.54, 1.807) is 9.21 Å². The van der Waals surface area contributed by atoms with Crippen molar-refractivity contribution < 1.29 is 23.1 Å². The van der Waals surface area contributed by atoms with Gasteiger partial charge in [-0.1, -0.05) is 6.92 Å². The Morgan fingerprint density at radius 3 is 2.28 bits per heavy atom. The van der Waals surface area contributed by atoms with Crippen LogP contribution >= 0.6 is 0 Å².